The molecule has 3 rings (SSSR count). The molecular formula is C12H14ClNO3. The second-order valence-corrected chi connectivity index (χ2v) is 4.90. The van der Waals surface area contributed by atoms with Crippen LogP contribution < -0.4 is 9.47 Å². The molecule has 1 saturated heterocycles. The van der Waals surface area contributed by atoms with Gasteiger partial charge in [0.25, 0.3) is 0 Å². The third kappa shape index (κ3) is 2.20. The average Bonchev–Trinajstić information content (AvgIpc) is 2.87. The first kappa shape index (κ1) is 11.1. The number of aliphatic hydroxyl groups is 1. The Balaban J connectivity index is 1.77. The Morgan fingerprint density at radius 3 is 3.06 bits per heavy atom. The molecule has 0 aliphatic carbocycles. The Kier molecular flexibility index (Phi) is 2.86. The van der Waals surface area contributed by atoms with Crippen molar-refractivity contribution in [3.63, 3.8) is 0 Å². The molecule has 0 aromatic heterocycles. The van der Waals surface area contributed by atoms with Crippen molar-refractivity contribution in [2.75, 3.05) is 19.9 Å². The maximum atomic E-state index is 9.47. The lowest BCUT2D eigenvalue weighted by atomic mass is 10.2. The number of nitrogens with zero attached hydrogens (tertiary/aromatic N) is 1. The maximum absolute atomic E-state index is 9.47. The summed E-state index contributed by atoms with van der Waals surface area (Å²) in [5.74, 6) is 1.35. The molecule has 1 N–H and O–H groups in total. The molecule has 17 heavy (non-hydrogen) atoms. The van der Waals surface area contributed by atoms with Gasteiger partial charge in [-0.1, -0.05) is 11.6 Å². The first-order valence-corrected chi connectivity index (χ1v) is 6.08. The Labute approximate surface area is 105 Å². The van der Waals surface area contributed by atoms with Gasteiger partial charge in [0.2, 0.25) is 6.79 Å². The minimum absolute atomic E-state index is 0.195. The minimum atomic E-state index is -0.195. The fourth-order valence-electron chi connectivity index (χ4n) is 2.33. The smallest absolute Gasteiger partial charge is 0.231 e. The fourth-order valence-corrected chi connectivity index (χ4v) is 2.61. The number of ether oxygens (including phenoxy) is 2. The van der Waals surface area contributed by atoms with Gasteiger partial charge in [-0.05, 0) is 24.1 Å². The van der Waals surface area contributed by atoms with Crippen LogP contribution in [-0.2, 0) is 6.54 Å². The molecule has 92 valence electrons. The van der Waals surface area contributed by atoms with Gasteiger partial charge < -0.3 is 14.6 Å². The number of benzene rings is 1. The van der Waals surface area contributed by atoms with E-state index in [0.29, 0.717) is 16.5 Å². The van der Waals surface area contributed by atoms with Crippen LogP contribution in [0.5, 0.6) is 11.5 Å². The molecule has 0 unspecified atom stereocenters. The molecule has 0 spiro atoms. The van der Waals surface area contributed by atoms with Gasteiger partial charge in [-0.25, -0.2) is 0 Å². The Morgan fingerprint density at radius 2 is 2.29 bits per heavy atom. The Morgan fingerprint density at radius 1 is 1.41 bits per heavy atom. The molecule has 2 heterocycles. The van der Waals surface area contributed by atoms with Gasteiger partial charge >= 0.3 is 0 Å². The molecule has 0 radical (unpaired) electrons. The number of hydrogen-bond donors (Lipinski definition) is 1. The van der Waals surface area contributed by atoms with E-state index in [2.05, 4.69) is 4.90 Å². The van der Waals surface area contributed by atoms with Crippen molar-refractivity contribution in [2.24, 2.45) is 0 Å². The van der Waals surface area contributed by atoms with E-state index in [9.17, 15) is 5.11 Å². The van der Waals surface area contributed by atoms with E-state index >= 15 is 0 Å². The second-order valence-electron chi connectivity index (χ2n) is 4.49. The van der Waals surface area contributed by atoms with Crippen molar-refractivity contribution in [2.45, 2.75) is 19.1 Å². The normalized spacial score (nSPS) is 23.3. The van der Waals surface area contributed by atoms with Crippen molar-refractivity contribution in [3.05, 3.63) is 22.7 Å². The van der Waals surface area contributed by atoms with Crippen LogP contribution >= 0.6 is 11.6 Å². The summed E-state index contributed by atoms with van der Waals surface area (Å²) in [6, 6.07) is 3.86. The third-order valence-corrected chi connectivity index (χ3v) is 3.42. The number of rotatable bonds is 2. The molecule has 0 amide bonds. The predicted molar refractivity (Wildman–Crippen MR) is 63.5 cm³/mol. The number of likely N-dealkylation sites (tertiary alicyclic amines) is 1. The first-order chi connectivity index (χ1) is 8.22. The first-order valence-electron chi connectivity index (χ1n) is 5.71. The SMILES string of the molecule is O[C@@H]1CCN(Cc2cc(Cl)c3c(c2)OCO3)C1. The molecular weight excluding hydrogens is 242 g/mol. The van der Waals surface area contributed by atoms with Crippen LogP contribution in [0.15, 0.2) is 12.1 Å². The Hall–Kier alpha value is -0.970. The van der Waals surface area contributed by atoms with Gasteiger partial charge in [0, 0.05) is 19.6 Å². The molecule has 2 aliphatic heterocycles. The van der Waals surface area contributed by atoms with Crippen molar-refractivity contribution in [1.82, 2.24) is 4.90 Å². The number of halogens is 1. The lowest BCUT2D eigenvalue weighted by Crippen LogP contribution is -2.21. The number of fused-ring (bicyclic) bond motifs is 1. The van der Waals surface area contributed by atoms with Crippen molar-refractivity contribution < 1.29 is 14.6 Å². The summed E-state index contributed by atoms with van der Waals surface area (Å²) in [4.78, 5) is 2.21. The van der Waals surface area contributed by atoms with Gasteiger partial charge in [0.1, 0.15) is 0 Å². The zero-order valence-corrected chi connectivity index (χ0v) is 10.1. The van der Waals surface area contributed by atoms with Crippen LogP contribution in [0.3, 0.4) is 0 Å². The molecule has 4 nitrogen and oxygen atoms in total. The third-order valence-electron chi connectivity index (χ3n) is 3.14. The summed E-state index contributed by atoms with van der Waals surface area (Å²) in [6.07, 6.45) is 0.651. The number of hydrogen-bond acceptors (Lipinski definition) is 4. The van der Waals surface area contributed by atoms with Crippen molar-refractivity contribution in [1.29, 1.82) is 0 Å². The van der Waals surface area contributed by atoms with Gasteiger partial charge in [-0.15, -0.1) is 0 Å². The van der Waals surface area contributed by atoms with E-state index in [0.717, 1.165) is 31.6 Å². The zero-order chi connectivity index (χ0) is 11.8. The van der Waals surface area contributed by atoms with E-state index < -0.39 is 0 Å². The fraction of sp³-hybridized carbons (Fsp3) is 0.500. The summed E-state index contributed by atoms with van der Waals surface area (Å²) in [7, 11) is 0. The Bertz CT molecular complexity index is 438. The van der Waals surface area contributed by atoms with E-state index in [1.54, 1.807) is 0 Å². The molecule has 1 atom stereocenters. The van der Waals surface area contributed by atoms with Gasteiger partial charge in [-0.3, -0.25) is 4.90 Å². The van der Waals surface area contributed by atoms with E-state index in [1.165, 1.54) is 0 Å². The lowest BCUT2D eigenvalue weighted by Gasteiger charge is -2.15. The summed E-state index contributed by atoms with van der Waals surface area (Å²) < 4.78 is 10.6. The van der Waals surface area contributed by atoms with Crippen LogP contribution in [0.25, 0.3) is 0 Å². The van der Waals surface area contributed by atoms with E-state index in [4.69, 9.17) is 21.1 Å². The second kappa shape index (κ2) is 4.37. The van der Waals surface area contributed by atoms with E-state index in [-0.39, 0.29) is 12.9 Å². The highest BCUT2D eigenvalue weighted by Gasteiger charge is 2.22. The van der Waals surface area contributed by atoms with Crippen LogP contribution in [0.4, 0.5) is 0 Å². The van der Waals surface area contributed by atoms with Gasteiger partial charge in [0.05, 0.1) is 11.1 Å². The quantitative estimate of drug-likeness (QED) is 0.872. The summed E-state index contributed by atoms with van der Waals surface area (Å²) in [5, 5.41) is 10.1. The monoisotopic (exact) mass is 255 g/mol. The van der Waals surface area contributed by atoms with Crippen molar-refractivity contribution in [3.8, 4) is 11.5 Å². The number of aliphatic hydroxyl groups excluding tert-OH is 1. The molecule has 1 aromatic rings. The molecule has 1 aromatic carbocycles. The molecule has 2 aliphatic rings. The molecule has 5 heteroatoms. The summed E-state index contributed by atoms with van der Waals surface area (Å²) in [6.45, 7) is 2.67. The van der Waals surface area contributed by atoms with Crippen LogP contribution in [0.2, 0.25) is 5.02 Å². The predicted octanol–water partition coefficient (Wildman–Crippen LogP) is 1.64. The van der Waals surface area contributed by atoms with Crippen LogP contribution in [-0.4, -0.2) is 36.0 Å². The van der Waals surface area contributed by atoms with Crippen molar-refractivity contribution >= 4 is 11.6 Å². The highest BCUT2D eigenvalue weighted by molar-refractivity contribution is 6.32. The highest BCUT2D eigenvalue weighted by Crippen LogP contribution is 2.40. The summed E-state index contributed by atoms with van der Waals surface area (Å²) >= 11 is 6.12. The number of β-amino-alcohol motifs (C(OH)–C–C–N with tert-alkyl or cyclic N) is 1. The van der Waals surface area contributed by atoms with Gasteiger partial charge in [0.15, 0.2) is 11.5 Å². The van der Waals surface area contributed by atoms with E-state index in [1.807, 2.05) is 12.1 Å². The maximum Gasteiger partial charge on any atom is 0.231 e. The van der Waals surface area contributed by atoms with Crippen LogP contribution in [0, 0.1) is 0 Å². The largest absolute Gasteiger partial charge is 0.454 e. The molecule has 0 saturated carbocycles. The summed E-state index contributed by atoms with van der Waals surface area (Å²) in [5.41, 5.74) is 1.09. The highest BCUT2D eigenvalue weighted by atomic mass is 35.5. The van der Waals surface area contributed by atoms with Gasteiger partial charge in [-0.2, -0.15) is 0 Å². The molecule has 0 bridgehead atoms. The zero-order valence-electron chi connectivity index (χ0n) is 9.36. The lowest BCUT2D eigenvalue weighted by molar-refractivity contribution is 0.173. The average molecular weight is 256 g/mol. The standard InChI is InChI=1S/C12H14ClNO3/c13-10-3-8(4-11-12(10)17-7-16-11)5-14-2-1-9(15)6-14/h3-4,9,15H,1-2,5-7H2/t9-/m1/s1. The van der Waals surface area contributed by atoms with Crippen LogP contribution in [0.1, 0.15) is 12.0 Å². The topological polar surface area (TPSA) is 41.9 Å². The minimum Gasteiger partial charge on any atom is -0.454 e. The molecule has 1 fully saturated rings.